The molecule has 1 N–H and O–H groups in total. The third-order valence-electron chi connectivity index (χ3n) is 2.74. The van der Waals surface area contributed by atoms with E-state index >= 15 is 0 Å². The van der Waals surface area contributed by atoms with Crippen LogP contribution >= 0.6 is 0 Å². The van der Waals surface area contributed by atoms with Crippen molar-refractivity contribution in [2.24, 2.45) is 0 Å². The van der Waals surface area contributed by atoms with Crippen LogP contribution in [-0.4, -0.2) is 30.1 Å². The van der Waals surface area contributed by atoms with E-state index in [1.54, 1.807) is 6.07 Å². The van der Waals surface area contributed by atoms with Gasteiger partial charge in [0.05, 0.1) is 6.67 Å². The molecule has 0 saturated carbocycles. The summed E-state index contributed by atoms with van der Waals surface area (Å²) in [4.78, 5) is 18.4. The molecule has 0 bridgehead atoms. The fraction of sp³-hybridized carbons (Fsp3) is 0.545. The lowest BCUT2D eigenvalue weighted by atomic mass is 10.1. The van der Waals surface area contributed by atoms with E-state index in [1.807, 2.05) is 13.2 Å². The maximum atomic E-state index is 11.2. The number of hydrogen-bond donors (Lipinski definition) is 1. The molecule has 1 aromatic rings. The number of hydrogen-bond acceptors (Lipinski definition) is 3. The number of fused-ring (bicyclic) bond motifs is 1. The van der Waals surface area contributed by atoms with Crippen molar-refractivity contribution in [3.63, 3.8) is 0 Å². The molecular weight excluding hydrogens is 190 g/mol. The Kier molecular flexibility index (Phi) is 2.77. The largest absolute Gasteiger partial charge is 0.361 e. The molecule has 1 aliphatic rings. The maximum absolute atomic E-state index is 11.2. The summed E-state index contributed by atoms with van der Waals surface area (Å²) in [6.45, 7) is 5.12. The van der Waals surface area contributed by atoms with E-state index in [9.17, 15) is 4.79 Å². The molecule has 1 aliphatic heterocycles. The predicted molar refractivity (Wildman–Crippen MR) is 61.0 cm³/mol. The van der Waals surface area contributed by atoms with Gasteiger partial charge in [-0.05, 0) is 13.0 Å². The molecule has 1 aromatic heterocycles. The van der Waals surface area contributed by atoms with E-state index in [0.29, 0.717) is 0 Å². The first-order chi connectivity index (χ1) is 7.20. The van der Waals surface area contributed by atoms with Crippen LogP contribution in [0.4, 0.5) is 5.69 Å². The molecule has 0 amide bonds. The Morgan fingerprint density at radius 1 is 1.53 bits per heavy atom. The van der Waals surface area contributed by atoms with Gasteiger partial charge in [-0.15, -0.1) is 0 Å². The number of nitrogens with one attached hydrogen (secondary N) is 1. The lowest BCUT2D eigenvalue weighted by Crippen LogP contribution is -2.41. The Bertz CT molecular complexity index is 399. The molecule has 4 heteroatoms. The topological polar surface area (TPSA) is 39.3 Å². The van der Waals surface area contributed by atoms with Crippen molar-refractivity contribution >= 4 is 5.69 Å². The molecule has 15 heavy (non-hydrogen) atoms. The van der Waals surface area contributed by atoms with E-state index in [-0.39, 0.29) is 5.56 Å². The van der Waals surface area contributed by atoms with Crippen molar-refractivity contribution < 1.29 is 0 Å². The molecule has 0 spiro atoms. The number of anilines is 1. The van der Waals surface area contributed by atoms with Gasteiger partial charge >= 0.3 is 0 Å². The van der Waals surface area contributed by atoms with Crippen LogP contribution in [0.15, 0.2) is 17.1 Å². The minimum Gasteiger partial charge on any atom is -0.361 e. The van der Waals surface area contributed by atoms with Crippen molar-refractivity contribution in [3.05, 3.63) is 28.2 Å². The minimum atomic E-state index is -0.0236. The first-order valence-electron chi connectivity index (χ1n) is 5.36. The Hall–Kier alpha value is -1.29. The molecule has 4 nitrogen and oxygen atoms in total. The summed E-state index contributed by atoms with van der Waals surface area (Å²) in [5.74, 6) is 0. The van der Waals surface area contributed by atoms with E-state index in [4.69, 9.17) is 0 Å². The van der Waals surface area contributed by atoms with Crippen LogP contribution in [0.1, 0.15) is 18.9 Å². The highest BCUT2D eigenvalue weighted by atomic mass is 16.1. The van der Waals surface area contributed by atoms with Crippen molar-refractivity contribution in [1.29, 1.82) is 0 Å². The fourth-order valence-corrected chi connectivity index (χ4v) is 2.11. The van der Waals surface area contributed by atoms with E-state index < -0.39 is 0 Å². The summed E-state index contributed by atoms with van der Waals surface area (Å²) in [6.07, 6.45) is 2.99. The number of aromatic nitrogens is 1. The number of rotatable bonds is 2. The highest BCUT2D eigenvalue weighted by Crippen LogP contribution is 2.23. The van der Waals surface area contributed by atoms with Crippen LogP contribution in [-0.2, 0) is 6.54 Å². The van der Waals surface area contributed by atoms with Gasteiger partial charge in [-0.1, -0.05) is 6.92 Å². The molecule has 82 valence electrons. The van der Waals surface area contributed by atoms with Crippen LogP contribution < -0.4 is 10.5 Å². The van der Waals surface area contributed by atoms with Gasteiger partial charge in [0.1, 0.15) is 0 Å². The molecule has 0 aliphatic carbocycles. The zero-order valence-electron chi connectivity index (χ0n) is 9.29. The zero-order valence-corrected chi connectivity index (χ0v) is 9.29. The summed E-state index contributed by atoms with van der Waals surface area (Å²) in [6, 6.07) is 1.68. The van der Waals surface area contributed by atoms with Gasteiger partial charge in [-0.2, -0.15) is 0 Å². The van der Waals surface area contributed by atoms with Gasteiger partial charge in [0.2, 0.25) is 5.56 Å². The molecule has 0 aromatic carbocycles. The average molecular weight is 207 g/mol. The summed E-state index contributed by atoms with van der Waals surface area (Å²) in [5, 5.41) is 0. The monoisotopic (exact) mass is 207 g/mol. The summed E-state index contributed by atoms with van der Waals surface area (Å²) in [7, 11) is 2.03. The first-order valence-corrected chi connectivity index (χ1v) is 5.36. The highest BCUT2D eigenvalue weighted by Gasteiger charge is 2.19. The molecule has 2 heterocycles. The van der Waals surface area contributed by atoms with Crippen molar-refractivity contribution in [1.82, 2.24) is 9.88 Å². The molecule has 0 fully saturated rings. The second-order valence-electron chi connectivity index (χ2n) is 4.10. The van der Waals surface area contributed by atoms with Gasteiger partial charge in [0.15, 0.2) is 0 Å². The molecular formula is C11H17N3O. The Balaban J connectivity index is 2.28. The number of nitrogens with zero attached hydrogens (tertiary/aromatic N) is 2. The molecule has 0 radical (unpaired) electrons. The van der Waals surface area contributed by atoms with Crippen LogP contribution in [0, 0.1) is 0 Å². The molecule has 0 unspecified atom stereocenters. The minimum absolute atomic E-state index is 0.0236. The normalized spacial score (nSPS) is 16.5. The Morgan fingerprint density at radius 3 is 3.07 bits per heavy atom. The second kappa shape index (κ2) is 4.06. The third-order valence-corrected chi connectivity index (χ3v) is 2.74. The van der Waals surface area contributed by atoms with Crippen LogP contribution in [0.2, 0.25) is 0 Å². The van der Waals surface area contributed by atoms with Crippen molar-refractivity contribution in [3.8, 4) is 0 Å². The number of aromatic amines is 1. The van der Waals surface area contributed by atoms with Gasteiger partial charge < -0.3 is 9.88 Å². The van der Waals surface area contributed by atoms with E-state index in [0.717, 1.165) is 31.9 Å². The zero-order chi connectivity index (χ0) is 10.8. The quantitative estimate of drug-likeness (QED) is 0.786. The summed E-state index contributed by atoms with van der Waals surface area (Å²) < 4.78 is 0. The number of pyridine rings is 1. The van der Waals surface area contributed by atoms with E-state index in [2.05, 4.69) is 21.7 Å². The predicted octanol–water partition coefficient (Wildman–Crippen LogP) is 0.994. The SMILES string of the molecule is CCCN1Cc2c[nH]c(=O)cc2N(C)C1. The Labute approximate surface area is 89.5 Å². The lowest BCUT2D eigenvalue weighted by molar-refractivity contribution is 0.257. The molecule has 2 rings (SSSR count). The van der Waals surface area contributed by atoms with Crippen molar-refractivity contribution in [2.45, 2.75) is 19.9 Å². The van der Waals surface area contributed by atoms with Gasteiger partial charge in [-0.25, -0.2) is 0 Å². The van der Waals surface area contributed by atoms with Gasteiger partial charge in [-0.3, -0.25) is 9.69 Å². The summed E-state index contributed by atoms with van der Waals surface area (Å²) in [5.41, 5.74) is 2.24. The third kappa shape index (κ3) is 2.04. The van der Waals surface area contributed by atoms with Gasteiger partial charge in [0, 0.05) is 37.1 Å². The average Bonchev–Trinajstić information content (AvgIpc) is 2.20. The molecule has 0 atom stereocenters. The maximum Gasteiger partial charge on any atom is 0.250 e. The fourth-order valence-electron chi connectivity index (χ4n) is 2.11. The van der Waals surface area contributed by atoms with Crippen molar-refractivity contribution in [2.75, 3.05) is 25.2 Å². The standard InChI is InChI=1S/C11H17N3O/c1-3-4-14-7-9-6-12-11(15)5-10(9)13(2)8-14/h5-6H,3-4,7-8H2,1-2H3,(H,12,15). The molecule has 0 saturated heterocycles. The van der Waals surface area contributed by atoms with E-state index in [1.165, 1.54) is 5.56 Å². The first kappa shape index (κ1) is 10.2. The van der Waals surface area contributed by atoms with Crippen LogP contribution in [0.25, 0.3) is 0 Å². The van der Waals surface area contributed by atoms with Crippen LogP contribution in [0.5, 0.6) is 0 Å². The Morgan fingerprint density at radius 2 is 2.33 bits per heavy atom. The van der Waals surface area contributed by atoms with Gasteiger partial charge in [0.25, 0.3) is 0 Å². The summed E-state index contributed by atoms with van der Waals surface area (Å²) >= 11 is 0. The lowest BCUT2D eigenvalue weighted by Gasteiger charge is -2.35. The number of H-pyrrole nitrogens is 1. The second-order valence-corrected chi connectivity index (χ2v) is 4.10. The highest BCUT2D eigenvalue weighted by molar-refractivity contribution is 5.52. The smallest absolute Gasteiger partial charge is 0.250 e. The van der Waals surface area contributed by atoms with Crippen LogP contribution in [0.3, 0.4) is 0 Å².